The van der Waals surface area contributed by atoms with Gasteiger partial charge in [-0.15, -0.1) is 0 Å². The van der Waals surface area contributed by atoms with Gasteiger partial charge < -0.3 is 20.3 Å². The van der Waals surface area contributed by atoms with Gasteiger partial charge in [0.1, 0.15) is 5.82 Å². The van der Waals surface area contributed by atoms with Gasteiger partial charge in [-0.1, -0.05) is 11.6 Å². The molecule has 3 heterocycles. The Morgan fingerprint density at radius 1 is 1.30 bits per heavy atom. The Balaban J connectivity index is 1.73. The number of rotatable bonds is 3. The number of halogens is 1. The molecule has 2 N–H and O–H groups in total. The van der Waals surface area contributed by atoms with Crippen LogP contribution in [0.15, 0.2) is 12.3 Å². The summed E-state index contributed by atoms with van der Waals surface area (Å²) < 4.78 is 5.25. The highest BCUT2D eigenvalue weighted by Crippen LogP contribution is 2.29. The Kier molecular flexibility index (Phi) is 4.68. The van der Waals surface area contributed by atoms with Crippen LogP contribution in [-0.4, -0.2) is 61.1 Å². The van der Waals surface area contributed by atoms with Crippen LogP contribution in [0, 0.1) is 5.92 Å². The first-order valence-electron chi connectivity index (χ1n) is 7.63. The highest BCUT2D eigenvalue weighted by molar-refractivity contribution is 6.33. The van der Waals surface area contributed by atoms with Crippen molar-refractivity contribution >= 4 is 29.2 Å². The summed E-state index contributed by atoms with van der Waals surface area (Å²) in [7, 11) is 0. The smallest absolute Gasteiger partial charge is 0.255 e. The lowest BCUT2D eigenvalue weighted by Crippen LogP contribution is -2.40. The zero-order valence-electron chi connectivity index (χ0n) is 12.7. The van der Waals surface area contributed by atoms with E-state index in [-0.39, 0.29) is 17.7 Å². The highest BCUT2D eigenvalue weighted by Gasteiger charge is 2.29. The van der Waals surface area contributed by atoms with E-state index in [1.54, 1.807) is 11.0 Å². The molecule has 1 aromatic rings. The van der Waals surface area contributed by atoms with Gasteiger partial charge in [-0.25, -0.2) is 4.98 Å². The lowest BCUT2D eigenvalue weighted by atomic mass is 10.1. The molecular formula is C15H19ClN4O3. The normalized spacial score (nSPS) is 21.5. The summed E-state index contributed by atoms with van der Waals surface area (Å²) in [6.45, 7) is 3.44. The molecule has 0 aliphatic carbocycles. The van der Waals surface area contributed by atoms with Gasteiger partial charge in [0, 0.05) is 32.4 Å². The number of primary amides is 1. The summed E-state index contributed by atoms with van der Waals surface area (Å²) >= 11 is 6.30. The first-order chi connectivity index (χ1) is 11.1. The third kappa shape index (κ3) is 3.40. The number of carbonyl (C=O) groups excluding carboxylic acids is 2. The number of pyridine rings is 1. The van der Waals surface area contributed by atoms with Crippen molar-refractivity contribution in [1.29, 1.82) is 0 Å². The van der Waals surface area contributed by atoms with E-state index in [1.165, 1.54) is 6.20 Å². The Morgan fingerprint density at radius 2 is 2.04 bits per heavy atom. The number of hydrogen-bond acceptors (Lipinski definition) is 5. The number of nitrogens with zero attached hydrogens (tertiary/aromatic N) is 3. The molecule has 0 bridgehead atoms. The Morgan fingerprint density at radius 3 is 2.65 bits per heavy atom. The van der Waals surface area contributed by atoms with Crippen LogP contribution in [0.25, 0.3) is 0 Å². The highest BCUT2D eigenvalue weighted by atomic mass is 35.5. The number of hydrogen-bond donors (Lipinski definition) is 1. The summed E-state index contributed by atoms with van der Waals surface area (Å²) in [4.78, 5) is 31.7. The lowest BCUT2D eigenvalue weighted by molar-refractivity contribution is -0.121. The van der Waals surface area contributed by atoms with Gasteiger partial charge in [-0.3, -0.25) is 9.59 Å². The van der Waals surface area contributed by atoms with Crippen LogP contribution >= 0.6 is 11.6 Å². The van der Waals surface area contributed by atoms with Gasteiger partial charge in [-0.2, -0.15) is 0 Å². The molecule has 0 spiro atoms. The van der Waals surface area contributed by atoms with Crippen LogP contribution < -0.4 is 10.6 Å². The average molecular weight is 339 g/mol. The molecule has 2 saturated heterocycles. The Bertz CT molecular complexity index is 619. The maximum atomic E-state index is 12.4. The van der Waals surface area contributed by atoms with Gasteiger partial charge in [-0.05, 0) is 12.5 Å². The summed E-state index contributed by atoms with van der Waals surface area (Å²) in [6.07, 6.45) is 2.23. The van der Waals surface area contributed by atoms with Crippen molar-refractivity contribution in [3.8, 4) is 0 Å². The van der Waals surface area contributed by atoms with Gasteiger partial charge in [0.2, 0.25) is 5.91 Å². The van der Waals surface area contributed by atoms with Crippen molar-refractivity contribution in [2.24, 2.45) is 11.7 Å². The van der Waals surface area contributed by atoms with Crippen molar-refractivity contribution in [3.63, 3.8) is 0 Å². The molecule has 2 aliphatic rings. The molecule has 7 nitrogen and oxygen atoms in total. The number of carbonyl (C=O) groups is 2. The van der Waals surface area contributed by atoms with E-state index in [2.05, 4.69) is 4.98 Å². The topological polar surface area (TPSA) is 88.8 Å². The molecule has 2 aliphatic heterocycles. The van der Waals surface area contributed by atoms with Crippen molar-refractivity contribution in [3.05, 3.63) is 22.8 Å². The first kappa shape index (κ1) is 16.0. The molecule has 2 amide bonds. The first-order valence-corrected chi connectivity index (χ1v) is 8.01. The fourth-order valence-corrected chi connectivity index (χ4v) is 3.20. The molecule has 0 aromatic carbocycles. The maximum absolute atomic E-state index is 12.4. The number of morpholine rings is 1. The van der Waals surface area contributed by atoms with Crippen LogP contribution in [0.4, 0.5) is 5.82 Å². The lowest BCUT2D eigenvalue weighted by Gasteiger charge is -2.27. The molecule has 3 rings (SSSR count). The third-order valence-corrected chi connectivity index (χ3v) is 4.54. The zero-order chi connectivity index (χ0) is 16.4. The van der Waals surface area contributed by atoms with Crippen LogP contribution in [0.5, 0.6) is 0 Å². The molecular weight excluding hydrogens is 320 g/mol. The molecule has 0 saturated carbocycles. The second-order valence-electron chi connectivity index (χ2n) is 5.77. The molecule has 1 aromatic heterocycles. The minimum Gasteiger partial charge on any atom is -0.378 e. The molecule has 23 heavy (non-hydrogen) atoms. The van der Waals surface area contributed by atoms with Crippen molar-refractivity contribution < 1.29 is 14.3 Å². The Hall–Kier alpha value is -1.86. The quantitative estimate of drug-likeness (QED) is 0.868. The van der Waals surface area contributed by atoms with Gasteiger partial charge >= 0.3 is 0 Å². The van der Waals surface area contributed by atoms with Crippen LogP contribution in [0.1, 0.15) is 16.8 Å². The van der Waals surface area contributed by atoms with E-state index in [4.69, 9.17) is 22.1 Å². The standard InChI is InChI=1S/C15H19ClN4O3/c16-12-7-11(15(22)19-3-5-23-6-4-19)8-18-14(12)20-2-1-10(9-20)13(17)21/h7-8,10H,1-6,9H2,(H2,17,21). The molecule has 2 fully saturated rings. The van der Waals surface area contributed by atoms with E-state index < -0.39 is 0 Å². The second-order valence-corrected chi connectivity index (χ2v) is 6.18. The number of aromatic nitrogens is 1. The molecule has 0 radical (unpaired) electrons. The van der Waals surface area contributed by atoms with E-state index in [0.29, 0.717) is 62.2 Å². The second kappa shape index (κ2) is 6.72. The summed E-state index contributed by atoms with van der Waals surface area (Å²) in [5.41, 5.74) is 5.81. The van der Waals surface area contributed by atoms with E-state index >= 15 is 0 Å². The molecule has 124 valence electrons. The summed E-state index contributed by atoms with van der Waals surface area (Å²) in [6, 6.07) is 1.64. The van der Waals surface area contributed by atoms with Crippen molar-refractivity contribution in [2.45, 2.75) is 6.42 Å². The summed E-state index contributed by atoms with van der Waals surface area (Å²) in [5, 5.41) is 0.411. The molecule has 1 atom stereocenters. The number of amides is 2. The number of nitrogens with two attached hydrogens (primary N) is 1. The third-order valence-electron chi connectivity index (χ3n) is 4.26. The van der Waals surface area contributed by atoms with E-state index in [0.717, 1.165) is 0 Å². The minimum absolute atomic E-state index is 0.0920. The SMILES string of the molecule is NC(=O)C1CCN(c2ncc(C(=O)N3CCOCC3)cc2Cl)C1. The van der Waals surface area contributed by atoms with Gasteiger partial charge in [0.05, 0.1) is 29.7 Å². The maximum Gasteiger partial charge on any atom is 0.255 e. The number of anilines is 1. The van der Waals surface area contributed by atoms with Gasteiger partial charge in [0.25, 0.3) is 5.91 Å². The Labute approximate surface area is 139 Å². The van der Waals surface area contributed by atoms with Crippen LogP contribution in [0.3, 0.4) is 0 Å². The van der Waals surface area contributed by atoms with Crippen molar-refractivity contribution in [1.82, 2.24) is 9.88 Å². The van der Waals surface area contributed by atoms with Crippen molar-refractivity contribution in [2.75, 3.05) is 44.3 Å². The fourth-order valence-electron chi connectivity index (χ4n) is 2.91. The largest absolute Gasteiger partial charge is 0.378 e. The predicted octanol–water partition coefficient (Wildman–Crippen LogP) is 0.519. The van der Waals surface area contributed by atoms with Gasteiger partial charge in [0.15, 0.2) is 0 Å². The zero-order valence-corrected chi connectivity index (χ0v) is 13.5. The van der Waals surface area contributed by atoms with Crippen LogP contribution in [0.2, 0.25) is 5.02 Å². The number of ether oxygens (including phenoxy) is 1. The van der Waals surface area contributed by atoms with E-state index in [1.807, 2.05) is 4.90 Å². The monoisotopic (exact) mass is 338 g/mol. The molecule has 8 heteroatoms. The molecule has 1 unspecified atom stereocenters. The van der Waals surface area contributed by atoms with E-state index in [9.17, 15) is 9.59 Å². The fraction of sp³-hybridized carbons (Fsp3) is 0.533. The predicted molar refractivity (Wildman–Crippen MR) is 85.5 cm³/mol. The average Bonchev–Trinajstić information content (AvgIpc) is 3.05. The minimum atomic E-state index is -0.303. The summed E-state index contributed by atoms with van der Waals surface area (Å²) in [5.74, 6) is 0.0184. The van der Waals surface area contributed by atoms with Crippen LogP contribution in [-0.2, 0) is 9.53 Å².